The van der Waals surface area contributed by atoms with Crippen LogP contribution in [0.1, 0.15) is 6.42 Å². The molecule has 1 aliphatic rings. The molecule has 0 radical (unpaired) electrons. The van der Waals surface area contributed by atoms with E-state index >= 15 is 0 Å². The summed E-state index contributed by atoms with van der Waals surface area (Å²) in [6.07, 6.45) is 1.05. The van der Waals surface area contributed by atoms with Gasteiger partial charge in [0.05, 0.1) is 5.69 Å². The Hall–Kier alpha value is -0.810. The minimum absolute atomic E-state index is 0.486. The highest BCUT2D eigenvalue weighted by Crippen LogP contribution is 2.35. The molecule has 1 unspecified atom stereocenters. The molecule has 1 aliphatic heterocycles. The second kappa shape index (κ2) is 5.69. The first-order chi connectivity index (χ1) is 8.20. The molecule has 1 heterocycles. The number of alkyl halides is 2. The molecule has 1 aromatic rings. The van der Waals surface area contributed by atoms with E-state index in [4.69, 9.17) is 5.73 Å². The van der Waals surface area contributed by atoms with Gasteiger partial charge in [0.15, 0.2) is 0 Å². The molecule has 0 bridgehead atoms. The number of nitrogens with zero attached hydrogens (tertiary/aromatic N) is 1. The number of rotatable bonds is 4. The van der Waals surface area contributed by atoms with Crippen molar-refractivity contribution in [1.82, 2.24) is 0 Å². The first kappa shape index (κ1) is 12.6. The Morgan fingerprint density at radius 2 is 2.18 bits per heavy atom. The van der Waals surface area contributed by atoms with E-state index in [2.05, 4.69) is 4.90 Å². The summed E-state index contributed by atoms with van der Waals surface area (Å²) < 4.78 is 24.9. The second-order valence-corrected chi connectivity index (χ2v) is 5.21. The summed E-state index contributed by atoms with van der Waals surface area (Å²) in [6.45, 7) is 2.45. The SMILES string of the molecule is NCC1CCN(c2ccccc2SC(F)F)C1. The van der Waals surface area contributed by atoms with Gasteiger partial charge in [-0.2, -0.15) is 8.78 Å². The number of benzene rings is 1. The Labute approximate surface area is 104 Å². The molecule has 0 aromatic heterocycles. The van der Waals surface area contributed by atoms with Gasteiger partial charge in [0.25, 0.3) is 5.76 Å². The first-order valence-corrected chi connectivity index (χ1v) is 6.57. The van der Waals surface area contributed by atoms with Crippen molar-refractivity contribution in [2.75, 3.05) is 24.5 Å². The number of hydrogen-bond donors (Lipinski definition) is 1. The van der Waals surface area contributed by atoms with Crippen LogP contribution in [0.2, 0.25) is 0 Å². The van der Waals surface area contributed by atoms with Gasteiger partial charge in [-0.05, 0) is 31.0 Å². The molecule has 0 saturated carbocycles. The zero-order valence-corrected chi connectivity index (χ0v) is 10.3. The Morgan fingerprint density at radius 3 is 2.82 bits per heavy atom. The quantitative estimate of drug-likeness (QED) is 0.842. The minimum atomic E-state index is -2.37. The lowest BCUT2D eigenvalue weighted by Crippen LogP contribution is -2.23. The third-order valence-corrected chi connectivity index (χ3v) is 3.82. The van der Waals surface area contributed by atoms with Crippen molar-refractivity contribution in [3.05, 3.63) is 24.3 Å². The van der Waals surface area contributed by atoms with Crippen LogP contribution in [0.15, 0.2) is 29.2 Å². The molecule has 94 valence electrons. The highest BCUT2D eigenvalue weighted by atomic mass is 32.2. The fourth-order valence-electron chi connectivity index (χ4n) is 2.16. The van der Waals surface area contributed by atoms with E-state index in [1.165, 1.54) is 0 Å². The molecule has 1 aromatic carbocycles. The van der Waals surface area contributed by atoms with Gasteiger partial charge < -0.3 is 10.6 Å². The van der Waals surface area contributed by atoms with Crippen LogP contribution in [-0.2, 0) is 0 Å². The van der Waals surface area contributed by atoms with Crippen LogP contribution in [0.3, 0.4) is 0 Å². The summed E-state index contributed by atoms with van der Waals surface area (Å²) in [5.74, 6) is -1.89. The lowest BCUT2D eigenvalue weighted by atomic mass is 10.1. The van der Waals surface area contributed by atoms with Gasteiger partial charge in [-0.15, -0.1) is 0 Å². The number of para-hydroxylation sites is 1. The van der Waals surface area contributed by atoms with E-state index in [1.54, 1.807) is 12.1 Å². The molecule has 17 heavy (non-hydrogen) atoms. The maximum Gasteiger partial charge on any atom is 0.288 e. The molecule has 0 amide bonds. The summed E-state index contributed by atoms with van der Waals surface area (Å²) in [5.41, 5.74) is 6.55. The molecule has 0 aliphatic carbocycles. The second-order valence-electron chi connectivity index (χ2n) is 4.18. The first-order valence-electron chi connectivity index (χ1n) is 5.69. The Balaban J connectivity index is 2.14. The zero-order chi connectivity index (χ0) is 12.3. The smallest absolute Gasteiger partial charge is 0.288 e. The maximum absolute atomic E-state index is 12.5. The van der Waals surface area contributed by atoms with Crippen molar-refractivity contribution in [2.45, 2.75) is 17.1 Å². The van der Waals surface area contributed by atoms with Crippen LogP contribution in [0.5, 0.6) is 0 Å². The summed E-state index contributed by atoms with van der Waals surface area (Å²) >= 11 is 0.614. The molecule has 2 N–H and O–H groups in total. The summed E-state index contributed by atoms with van der Waals surface area (Å²) in [7, 11) is 0. The van der Waals surface area contributed by atoms with E-state index in [0.29, 0.717) is 29.1 Å². The number of anilines is 1. The van der Waals surface area contributed by atoms with Crippen LogP contribution in [0, 0.1) is 5.92 Å². The predicted octanol–water partition coefficient (Wildman–Crippen LogP) is 2.79. The topological polar surface area (TPSA) is 29.3 Å². The Kier molecular flexibility index (Phi) is 4.23. The highest BCUT2D eigenvalue weighted by Gasteiger charge is 2.23. The van der Waals surface area contributed by atoms with Crippen LogP contribution < -0.4 is 10.6 Å². The van der Waals surface area contributed by atoms with E-state index in [9.17, 15) is 8.78 Å². The van der Waals surface area contributed by atoms with Crippen LogP contribution in [0.4, 0.5) is 14.5 Å². The summed E-state index contributed by atoms with van der Waals surface area (Å²) in [4.78, 5) is 2.81. The predicted molar refractivity (Wildman–Crippen MR) is 67.7 cm³/mol. The van der Waals surface area contributed by atoms with E-state index in [1.807, 2.05) is 12.1 Å². The summed E-state index contributed by atoms with van der Waals surface area (Å²) in [5, 5.41) is 0. The van der Waals surface area contributed by atoms with Crippen molar-refractivity contribution in [3.8, 4) is 0 Å². The molecular formula is C12H16F2N2S. The minimum Gasteiger partial charge on any atom is -0.370 e. The van der Waals surface area contributed by atoms with Crippen molar-refractivity contribution in [2.24, 2.45) is 11.7 Å². The van der Waals surface area contributed by atoms with Gasteiger partial charge in [-0.25, -0.2) is 0 Å². The molecule has 1 saturated heterocycles. The number of halogens is 2. The molecular weight excluding hydrogens is 242 g/mol. The molecule has 2 nitrogen and oxygen atoms in total. The molecule has 2 rings (SSSR count). The fourth-order valence-corrected chi connectivity index (χ4v) is 2.82. The van der Waals surface area contributed by atoms with Crippen molar-refractivity contribution in [3.63, 3.8) is 0 Å². The lowest BCUT2D eigenvalue weighted by molar-refractivity contribution is 0.252. The number of thioether (sulfide) groups is 1. The molecule has 1 fully saturated rings. The molecule has 0 spiro atoms. The number of hydrogen-bond acceptors (Lipinski definition) is 3. The standard InChI is InChI=1S/C12H16F2N2S/c13-12(14)17-11-4-2-1-3-10(11)16-6-5-9(7-15)8-16/h1-4,9,12H,5-8,15H2. The monoisotopic (exact) mass is 258 g/mol. The van der Waals surface area contributed by atoms with Crippen LogP contribution in [-0.4, -0.2) is 25.4 Å². The molecule has 1 atom stereocenters. The normalized spacial score (nSPS) is 20.2. The van der Waals surface area contributed by atoms with Gasteiger partial charge in [-0.1, -0.05) is 23.9 Å². The van der Waals surface area contributed by atoms with Gasteiger partial charge in [0.1, 0.15) is 0 Å². The van der Waals surface area contributed by atoms with Crippen molar-refractivity contribution in [1.29, 1.82) is 0 Å². The lowest BCUT2D eigenvalue weighted by Gasteiger charge is -2.21. The largest absolute Gasteiger partial charge is 0.370 e. The van der Waals surface area contributed by atoms with Crippen LogP contribution >= 0.6 is 11.8 Å². The average Bonchev–Trinajstić information content (AvgIpc) is 2.77. The third-order valence-electron chi connectivity index (χ3n) is 3.04. The Morgan fingerprint density at radius 1 is 1.41 bits per heavy atom. The van der Waals surface area contributed by atoms with E-state index in [0.717, 1.165) is 25.2 Å². The average molecular weight is 258 g/mol. The van der Waals surface area contributed by atoms with Gasteiger partial charge >= 0.3 is 0 Å². The van der Waals surface area contributed by atoms with Gasteiger partial charge in [0, 0.05) is 18.0 Å². The van der Waals surface area contributed by atoms with Crippen LogP contribution in [0.25, 0.3) is 0 Å². The Bertz CT molecular complexity index is 373. The maximum atomic E-state index is 12.5. The van der Waals surface area contributed by atoms with Crippen molar-refractivity contribution >= 4 is 17.4 Å². The van der Waals surface area contributed by atoms with E-state index < -0.39 is 5.76 Å². The third kappa shape index (κ3) is 3.10. The zero-order valence-electron chi connectivity index (χ0n) is 9.48. The highest BCUT2D eigenvalue weighted by molar-refractivity contribution is 7.99. The van der Waals surface area contributed by atoms with Gasteiger partial charge in [-0.3, -0.25) is 0 Å². The fraction of sp³-hybridized carbons (Fsp3) is 0.500. The molecule has 5 heteroatoms. The van der Waals surface area contributed by atoms with Gasteiger partial charge in [0.2, 0.25) is 0 Å². The van der Waals surface area contributed by atoms with Crippen molar-refractivity contribution < 1.29 is 8.78 Å². The summed E-state index contributed by atoms with van der Waals surface area (Å²) in [6, 6.07) is 7.34. The number of nitrogens with two attached hydrogens (primary N) is 1. The van der Waals surface area contributed by atoms with E-state index in [-0.39, 0.29) is 0 Å².